The quantitative estimate of drug-likeness (QED) is 0.509. The van der Waals surface area contributed by atoms with Crippen LogP contribution >= 0.6 is 0 Å². The highest BCUT2D eigenvalue weighted by molar-refractivity contribution is 4.94. The Morgan fingerprint density at radius 1 is 1.47 bits per heavy atom. The molecule has 1 unspecified atom stereocenters. The molecule has 6 nitrogen and oxygen atoms in total. The van der Waals surface area contributed by atoms with Crippen molar-refractivity contribution in [1.82, 2.24) is 10.1 Å². The van der Waals surface area contributed by atoms with Crippen molar-refractivity contribution in [3.63, 3.8) is 0 Å². The lowest BCUT2D eigenvalue weighted by Crippen LogP contribution is -2.10. The first kappa shape index (κ1) is 13.8. The summed E-state index contributed by atoms with van der Waals surface area (Å²) in [7, 11) is 1.63. The highest BCUT2D eigenvalue weighted by Crippen LogP contribution is 2.11. The van der Waals surface area contributed by atoms with Crippen molar-refractivity contribution < 1.29 is 14.0 Å². The van der Waals surface area contributed by atoms with E-state index in [4.69, 9.17) is 19.7 Å². The van der Waals surface area contributed by atoms with E-state index in [-0.39, 0.29) is 6.04 Å². The van der Waals surface area contributed by atoms with Crippen molar-refractivity contribution in [3.8, 4) is 0 Å². The van der Waals surface area contributed by atoms with Crippen molar-refractivity contribution in [2.45, 2.75) is 18.9 Å². The minimum Gasteiger partial charge on any atom is -0.382 e. The van der Waals surface area contributed by atoms with Crippen LogP contribution in [-0.4, -0.2) is 37.1 Å². The molecule has 1 atom stereocenters. The Bertz CT molecular complexity index is 328. The van der Waals surface area contributed by atoms with Crippen molar-refractivity contribution in [2.75, 3.05) is 26.9 Å². The number of hydrogen-bond donors (Lipinski definition) is 1. The molecule has 0 aliphatic carbocycles. The van der Waals surface area contributed by atoms with E-state index in [1.807, 2.05) is 0 Å². The van der Waals surface area contributed by atoms with Gasteiger partial charge in [-0.25, -0.2) is 0 Å². The van der Waals surface area contributed by atoms with Crippen LogP contribution in [0.2, 0.25) is 0 Å². The number of hydrogen-bond acceptors (Lipinski definition) is 6. The van der Waals surface area contributed by atoms with Gasteiger partial charge in [-0.2, -0.15) is 4.98 Å². The molecule has 0 aromatic carbocycles. The SMILES string of the molecule is C=CCC(N)c1nc(CCOCCOC)no1. The Kier molecular flexibility index (Phi) is 6.46. The molecule has 0 saturated heterocycles. The Morgan fingerprint density at radius 2 is 2.29 bits per heavy atom. The lowest BCUT2D eigenvalue weighted by Gasteiger charge is -2.01. The van der Waals surface area contributed by atoms with Crippen molar-refractivity contribution in [1.29, 1.82) is 0 Å². The normalized spacial score (nSPS) is 12.6. The Balaban J connectivity index is 2.28. The standard InChI is InChI=1S/C11H19N3O3/c1-3-4-9(12)11-13-10(14-17-11)5-6-16-8-7-15-2/h3,9H,1,4-8,12H2,2H3. The highest BCUT2D eigenvalue weighted by atomic mass is 16.5. The Labute approximate surface area is 101 Å². The molecule has 0 aliphatic rings. The van der Waals surface area contributed by atoms with Gasteiger partial charge < -0.3 is 19.7 Å². The van der Waals surface area contributed by atoms with Crippen LogP contribution in [0.3, 0.4) is 0 Å². The average molecular weight is 241 g/mol. The Hall–Kier alpha value is -1.24. The summed E-state index contributed by atoms with van der Waals surface area (Å²) in [4.78, 5) is 4.18. The zero-order chi connectivity index (χ0) is 12.5. The number of methoxy groups -OCH3 is 1. The van der Waals surface area contributed by atoms with Crippen LogP contribution in [0.1, 0.15) is 24.2 Å². The molecule has 1 rings (SSSR count). The van der Waals surface area contributed by atoms with Gasteiger partial charge in [0.05, 0.1) is 25.9 Å². The van der Waals surface area contributed by atoms with E-state index < -0.39 is 0 Å². The van der Waals surface area contributed by atoms with Gasteiger partial charge in [0, 0.05) is 13.5 Å². The monoisotopic (exact) mass is 241 g/mol. The fraction of sp³-hybridized carbons (Fsp3) is 0.636. The number of aromatic nitrogens is 2. The first-order valence-electron chi connectivity index (χ1n) is 5.53. The third-order valence-corrected chi connectivity index (χ3v) is 2.12. The topological polar surface area (TPSA) is 83.4 Å². The van der Waals surface area contributed by atoms with E-state index in [1.54, 1.807) is 13.2 Å². The third kappa shape index (κ3) is 5.08. The molecule has 1 aromatic heterocycles. The molecule has 0 saturated carbocycles. The number of rotatable bonds is 9. The van der Waals surface area contributed by atoms with Gasteiger partial charge in [-0.15, -0.1) is 6.58 Å². The summed E-state index contributed by atoms with van der Waals surface area (Å²) in [5.41, 5.74) is 5.80. The van der Waals surface area contributed by atoms with E-state index >= 15 is 0 Å². The molecular formula is C11H19N3O3. The van der Waals surface area contributed by atoms with Crippen molar-refractivity contribution >= 4 is 0 Å². The summed E-state index contributed by atoms with van der Waals surface area (Å²) in [5.74, 6) is 1.05. The first-order chi connectivity index (χ1) is 8.27. The van der Waals surface area contributed by atoms with Gasteiger partial charge in [-0.1, -0.05) is 11.2 Å². The van der Waals surface area contributed by atoms with E-state index in [0.29, 0.717) is 44.4 Å². The summed E-state index contributed by atoms with van der Waals surface area (Å²) in [6, 6.07) is -0.275. The van der Waals surface area contributed by atoms with Gasteiger partial charge in [-0.05, 0) is 6.42 Å². The summed E-state index contributed by atoms with van der Waals surface area (Å²) < 4.78 is 15.2. The molecule has 2 N–H and O–H groups in total. The molecule has 1 aromatic rings. The molecule has 0 amide bonds. The van der Waals surface area contributed by atoms with Crippen molar-refractivity contribution in [2.24, 2.45) is 5.73 Å². The fourth-order valence-electron chi connectivity index (χ4n) is 1.21. The molecule has 96 valence electrons. The maximum atomic E-state index is 5.80. The average Bonchev–Trinajstić information content (AvgIpc) is 2.78. The molecule has 0 aliphatic heterocycles. The van der Waals surface area contributed by atoms with Crippen LogP contribution in [-0.2, 0) is 15.9 Å². The number of nitrogens with zero attached hydrogens (tertiary/aromatic N) is 2. The van der Waals surface area contributed by atoms with Crippen LogP contribution in [0.15, 0.2) is 17.2 Å². The lowest BCUT2D eigenvalue weighted by atomic mass is 10.2. The van der Waals surface area contributed by atoms with Crippen LogP contribution in [0.25, 0.3) is 0 Å². The maximum absolute atomic E-state index is 5.80. The van der Waals surface area contributed by atoms with Gasteiger partial charge in [0.2, 0.25) is 5.89 Å². The minimum atomic E-state index is -0.275. The largest absolute Gasteiger partial charge is 0.382 e. The third-order valence-electron chi connectivity index (χ3n) is 2.12. The lowest BCUT2D eigenvalue weighted by molar-refractivity contribution is 0.0714. The minimum absolute atomic E-state index is 0.275. The number of nitrogens with two attached hydrogens (primary N) is 1. The van der Waals surface area contributed by atoms with Gasteiger partial charge in [0.15, 0.2) is 5.82 Å². The second kappa shape index (κ2) is 7.94. The first-order valence-corrected chi connectivity index (χ1v) is 5.53. The Morgan fingerprint density at radius 3 is 3.00 bits per heavy atom. The maximum Gasteiger partial charge on any atom is 0.243 e. The van der Waals surface area contributed by atoms with Gasteiger partial charge in [0.25, 0.3) is 0 Å². The summed E-state index contributed by atoms with van der Waals surface area (Å²) in [6.45, 7) is 5.30. The smallest absolute Gasteiger partial charge is 0.243 e. The second-order valence-electron chi connectivity index (χ2n) is 3.53. The van der Waals surface area contributed by atoms with Crippen molar-refractivity contribution in [3.05, 3.63) is 24.4 Å². The van der Waals surface area contributed by atoms with E-state index in [2.05, 4.69) is 16.7 Å². The van der Waals surface area contributed by atoms with E-state index in [1.165, 1.54) is 0 Å². The van der Waals surface area contributed by atoms with Crippen LogP contribution < -0.4 is 5.73 Å². The van der Waals surface area contributed by atoms with Crippen LogP contribution in [0.5, 0.6) is 0 Å². The summed E-state index contributed by atoms with van der Waals surface area (Å²) in [5, 5.41) is 3.83. The molecule has 6 heteroatoms. The zero-order valence-corrected chi connectivity index (χ0v) is 10.1. The predicted octanol–water partition coefficient (Wildman–Crippen LogP) is 0.851. The second-order valence-corrected chi connectivity index (χ2v) is 3.53. The van der Waals surface area contributed by atoms with Crippen LogP contribution in [0, 0.1) is 0 Å². The molecule has 0 fully saturated rings. The van der Waals surface area contributed by atoms with E-state index in [0.717, 1.165) is 0 Å². The molecule has 0 radical (unpaired) electrons. The predicted molar refractivity (Wildman–Crippen MR) is 62.4 cm³/mol. The fourth-order valence-corrected chi connectivity index (χ4v) is 1.21. The van der Waals surface area contributed by atoms with E-state index in [9.17, 15) is 0 Å². The molecular weight excluding hydrogens is 222 g/mol. The van der Waals surface area contributed by atoms with Gasteiger partial charge in [-0.3, -0.25) is 0 Å². The van der Waals surface area contributed by atoms with Gasteiger partial charge >= 0.3 is 0 Å². The molecule has 0 bridgehead atoms. The van der Waals surface area contributed by atoms with Gasteiger partial charge in [0.1, 0.15) is 0 Å². The molecule has 17 heavy (non-hydrogen) atoms. The summed E-state index contributed by atoms with van der Waals surface area (Å²) in [6.07, 6.45) is 2.95. The van der Waals surface area contributed by atoms with Crippen LogP contribution in [0.4, 0.5) is 0 Å². The number of ether oxygens (including phenoxy) is 2. The molecule has 1 heterocycles. The summed E-state index contributed by atoms with van der Waals surface area (Å²) >= 11 is 0. The highest BCUT2D eigenvalue weighted by Gasteiger charge is 2.12. The zero-order valence-electron chi connectivity index (χ0n) is 10.1. The molecule has 0 spiro atoms.